The number of carbonyl (C=O) groups is 1. The molecule has 0 radical (unpaired) electrons. The molecule has 1 heterocycles. The molecule has 0 aliphatic rings. The SMILES string of the molecule is C=CCN(CC(=O)N(CCc1ccc(OC)c(OC)c1)Cc1ccc(C)o1)S(=O)(=O)c1ccccc1. The summed E-state index contributed by atoms with van der Waals surface area (Å²) in [5.74, 6) is 2.23. The van der Waals surface area contributed by atoms with E-state index in [0.29, 0.717) is 30.2 Å². The monoisotopic (exact) mass is 512 g/mol. The Balaban J connectivity index is 1.82. The molecule has 0 saturated heterocycles. The van der Waals surface area contributed by atoms with Gasteiger partial charge in [-0.25, -0.2) is 8.42 Å². The molecule has 2 aromatic carbocycles. The van der Waals surface area contributed by atoms with Gasteiger partial charge in [-0.15, -0.1) is 6.58 Å². The highest BCUT2D eigenvalue weighted by Crippen LogP contribution is 2.28. The number of nitrogens with zero attached hydrogens (tertiary/aromatic N) is 2. The van der Waals surface area contributed by atoms with Crippen LogP contribution in [0.25, 0.3) is 0 Å². The quantitative estimate of drug-likeness (QED) is 0.321. The molecule has 0 N–H and O–H groups in total. The average molecular weight is 513 g/mol. The van der Waals surface area contributed by atoms with Gasteiger partial charge in [-0.05, 0) is 55.3 Å². The zero-order valence-corrected chi connectivity index (χ0v) is 21.7. The van der Waals surface area contributed by atoms with Crippen LogP contribution in [0.5, 0.6) is 11.5 Å². The average Bonchev–Trinajstić information content (AvgIpc) is 3.30. The van der Waals surface area contributed by atoms with Gasteiger partial charge in [0.05, 0.1) is 32.2 Å². The number of aryl methyl sites for hydroxylation is 1. The zero-order chi connectivity index (χ0) is 26.1. The minimum absolute atomic E-state index is 0.00630. The van der Waals surface area contributed by atoms with Crippen LogP contribution >= 0.6 is 0 Å². The molecule has 3 aromatic rings. The van der Waals surface area contributed by atoms with Crippen molar-refractivity contribution >= 4 is 15.9 Å². The molecule has 8 nitrogen and oxygen atoms in total. The van der Waals surface area contributed by atoms with Crippen molar-refractivity contribution in [2.75, 3.05) is 33.9 Å². The van der Waals surface area contributed by atoms with Gasteiger partial charge >= 0.3 is 0 Å². The molecule has 192 valence electrons. The number of rotatable bonds is 13. The molecule has 9 heteroatoms. The molecule has 0 atom stereocenters. The van der Waals surface area contributed by atoms with Crippen LogP contribution in [0.3, 0.4) is 0 Å². The molecule has 0 aliphatic carbocycles. The molecular formula is C27H32N2O6S. The molecule has 0 saturated carbocycles. The van der Waals surface area contributed by atoms with Crippen LogP contribution in [0.1, 0.15) is 17.1 Å². The van der Waals surface area contributed by atoms with Crippen molar-refractivity contribution < 1.29 is 27.1 Å². The number of hydrogen-bond donors (Lipinski definition) is 0. The predicted octanol–water partition coefficient (Wildman–Crippen LogP) is 4.05. The highest BCUT2D eigenvalue weighted by Gasteiger charge is 2.28. The summed E-state index contributed by atoms with van der Waals surface area (Å²) in [6.07, 6.45) is 2.00. The van der Waals surface area contributed by atoms with E-state index in [0.717, 1.165) is 15.6 Å². The Bertz CT molecular complexity index is 1270. The minimum atomic E-state index is -3.88. The molecule has 0 unspecified atom stereocenters. The Kier molecular flexibility index (Phi) is 9.32. The Morgan fingerprint density at radius 2 is 1.75 bits per heavy atom. The second kappa shape index (κ2) is 12.4. The van der Waals surface area contributed by atoms with Crippen LogP contribution in [0.4, 0.5) is 0 Å². The highest BCUT2D eigenvalue weighted by molar-refractivity contribution is 7.89. The Hall–Kier alpha value is -3.56. The molecule has 1 aromatic heterocycles. The van der Waals surface area contributed by atoms with Crippen molar-refractivity contribution in [2.45, 2.75) is 24.8 Å². The van der Waals surface area contributed by atoms with Gasteiger partial charge in [0.15, 0.2) is 11.5 Å². The number of furan rings is 1. The second-order valence-corrected chi connectivity index (χ2v) is 10.1. The van der Waals surface area contributed by atoms with E-state index in [-0.39, 0.29) is 30.4 Å². The molecule has 1 amide bonds. The Morgan fingerprint density at radius 1 is 1.03 bits per heavy atom. The van der Waals surface area contributed by atoms with Gasteiger partial charge in [0.1, 0.15) is 11.5 Å². The summed E-state index contributed by atoms with van der Waals surface area (Å²) in [4.78, 5) is 15.2. The van der Waals surface area contributed by atoms with E-state index < -0.39 is 10.0 Å². The minimum Gasteiger partial charge on any atom is -0.493 e. The molecule has 0 spiro atoms. The first-order chi connectivity index (χ1) is 17.3. The third-order valence-electron chi connectivity index (χ3n) is 5.64. The summed E-state index contributed by atoms with van der Waals surface area (Å²) >= 11 is 0. The van der Waals surface area contributed by atoms with E-state index in [1.165, 1.54) is 18.2 Å². The van der Waals surface area contributed by atoms with Crippen LogP contribution in [-0.4, -0.2) is 57.4 Å². The Labute approximate surface area is 212 Å². The van der Waals surface area contributed by atoms with Crippen LogP contribution in [0.15, 0.2) is 82.6 Å². The van der Waals surface area contributed by atoms with Crippen molar-refractivity contribution in [1.82, 2.24) is 9.21 Å². The van der Waals surface area contributed by atoms with E-state index in [4.69, 9.17) is 13.9 Å². The number of carbonyl (C=O) groups excluding carboxylic acids is 1. The van der Waals surface area contributed by atoms with E-state index in [1.807, 2.05) is 37.3 Å². The predicted molar refractivity (Wildman–Crippen MR) is 138 cm³/mol. The normalized spacial score (nSPS) is 11.3. The van der Waals surface area contributed by atoms with Gasteiger partial charge in [-0.2, -0.15) is 4.31 Å². The lowest BCUT2D eigenvalue weighted by atomic mass is 10.1. The third kappa shape index (κ3) is 6.77. The fourth-order valence-electron chi connectivity index (χ4n) is 3.73. The van der Waals surface area contributed by atoms with Gasteiger partial charge in [0, 0.05) is 13.1 Å². The zero-order valence-electron chi connectivity index (χ0n) is 20.8. The van der Waals surface area contributed by atoms with Gasteiger partial charge < -0.3 is 18.8 Å². The Morgan fingerprint density at radius 3 is 2.36 bits per heavy atom. The van der Waals surface area contributed by atoms with Crippen LogP contribution in [0.2, 0.25) is 0 Å². The second-order valence-electron chi connectivity index (χ2n) is 8.17. The number of methoxy groups -OCH3 is 2. The molecular weight excluding hydrogens is 480 g/mol. The summed E-state index contributed by atoms with van der Waals surface area (Å²) in [6, 6.07) is 17.3. The van der Waals surface area contributed by atoms with E-state index in [2.05, 4.69) is 6.58 Å². The maximum atomic E-state index is 13.5. The fourth-order valence-corrected chi connectivity index (χ4v) is 5.12. The van der Waals surface area contributed by atoms with Gasteiger partial charge in [-0.1, -0.05) is 30.3 Å². The standard InChI is InChI=1S/C27H32N2O6S/c1-5-16-29(36(31,32)24-9-7-6-8-10-24)20-27(30)28(19-23-13-11-21(2)35-23)17-15-22-12-14-25(33-3)26(18-22)34-4/h5-14,18H,1,15-17,19-20H2,2-4H3. The van der Waals surface area contributed by atoms with E-state index in [1.54, 1.807) is 37.3 Å². The highest BCUT2D eigenvalue weighted by atomic mass is 32.2. The molecule has 3 rings (SSSR count). The van der Waals surface area contributed by atoms with Gasteiger partial charge in [-0.3, -0.25) is 4.79 Å². The molecule has 0 bridgehead atoms. The van der Waals surface area contributed by atoms with Crippen molar-refractivity contribution in [2.24, 2.45) is 0 Å². The number of amides is 1. The summed E-state index contributed by atoms with van der Waals surface area (Å²) in [5.41, 5.74) is 0.945. The lowest BCUT2D eigenvalue weighted by molar-refractivity contribution is -0.132. The lowest BCUT2D eigenvalue weighted by Gasteiger charge is -2.26. The van der Waals surface area contributed by atoms with Crippen molar-refractivity contribution in [3.05, 3.63) is 90.4 Å². The van der Waals surface area contributed by atoms with Gasteiger partial charge in [0.25, 0.3) is 0 Å². The van der Waals surface area contributed by atoms with Crippen LogP contribution in [0, 0.1) is 6.92 Å². The summed E-state index contributed by atoms with van der Waals surface area (Å²) in [6.45, 7) is 5.75. The first-order valence-corrected chi connectivity index (χ1v) is 12.9. The maximum absolute atomic E-state index is 13.5. The number of ether oxygens (including phenoxy) is 2. The van der Waals surface area contributed by atoms with Crippen molar-refractivity contribution in [1.29, 1.82) is 0 Å². The fraction of sp³-hybridized carbons (Fsp3) is 0.296. The van der Waals surface area contributed by atoms with E-state index >= 15 is 0 Å². The first kappa shape index (κ1) is 27.0. The largest absolute Gasteiger partial charge is 0.493 e. The first-order valence-electron chi connectivity index (χ1n) is 11.5. The smallest absolute Gasteiger partial charge is 0.243 e. The van der Waals surface area contributed by atoms with Crippen LogP contribution in [-0.2, 0) is 27.8 Å². The number of hydrogen-bond acceptors (Lipinski definition) is 6. The molecule has 36 heavy (non-hydrogen) atoms. The van der Waals surface area contributed by atoms with Crippen LogP contribution < -0.4 is 9.47 Å². The molecule has 0 aliphatic heterocycles. The topological polar surface area (TPSA) is 89.3 Å². The van der Waals surface area contributed by atoms with Crippen molar-refractivity contribution in [3.63, 3.8) is 0 Å². The third-order valence-corrected chi connectivity index (χ3v) is 7.46. The van der Waals surface area contributed by atoms with Gasteiger partial charge in [0.2, 0.25) is 15.9 Å². The maximum Gasteiger partial charge on any atom is 0.243 e. The molecule has 0 fully saturated rings. The summed E-state index contributed by atoms with van der Waals surface area (Å²) in [5, 5.41) is 0. The van der Waals surface area contributed by atoms with Crippen molar-refractivity contribution in [3.8, 4) is 11.5 Å². The number of sulfonamides is 1. The lowest BCUT2D eigenvalue weighted by Crippen LogP contribution is -2.43. The summed E-state index contributed by atoms with van der Waals surface area (Å²) in [7, 11) is -0.745. The van der Waals surface area contributed by atoms with E-state index in [9.17, 15) is 13.2 Å². The number of benzene rings is 2. The summed E-state index contributed by atoms with van der Waals surface area (Å²) < 4.78 is 43.9.